The molecule has 1 aliphatic heterocycles. The van der Waals surface area contributed by atoms with Gasteiger partial charge in [-0.2, -0.15) is 0 Å². The quantitative estimate of drug-likeness (QED) is 0.799. The Balaban J connectivity index is 2.36. The molecule has 1 aliphatic rings. The molecule has 1 N–H and O–H groups in total. The van der Waals surface area contributed by atoms with Gasteiger partial charge < -0.3 is 10.1 Å². The number of likely N-dealkylation sites (N-methyl/N-ethyl adjacent to an activating group) is 1. The van der Waals surface area contributed by atoms with Crippen LogP contribution in [0.5, 0.6) is 0 Å². The summed E-state index contributed by atoms with van der Waals surface area (Å²) in [5, 5.41) is 3.59. The predicted molar refractivity (Wildman–Crippen MR) is 73.4 cm³/mol. The van der Waals surface area contributed by atoms with E-state index in [2.05, 4.69) is 51.9 Å². The lowest BCUT2D eigenvalue weighted by Gasteiger charge is -2.35. The van der Waals surface area contributed by atoms with Crippen LogP contribution in [-0.2, 0) is 4.74 Å². The van der Waals surface area contributed by atoms with Crippen molar-refractivity contribution in [2.45, 2.75) is 58.7 Å². The van der Waals surface area contributed by atoms with E-state index in [1.165, 1.54) is 6.42 Å². The Kier molecular flexibility index (Phi) is 5.42. The van der Waals surface area contributed by atoms with Gasteiger partial charge in [0, 0.05) is 24.2 Å². The smallest absolute Gasteiger partial charge is 0.0622 e. The van der Waals surface area contributed by atoms with E-state index in [1.54, 1.807) is 0 Å². The van der Waals surface area contributed by atoms with Crippen molar-refractivity contribution in [2.24, 2.45) is 5.92 Å². The second kappa shape index (κ2) is 6.17. The Labute approximate surface area is 107 Å². The summed E-state index contributed by atoms with van der Waals surface area (Å²) in [5.41, 5.74) is 0.211. The van der Waals surface area contributed by atoms with Crippen LogP contribution in [0.1, 0.15) is 41.0 Å². The minimum atomic E-state index is 0.211. The van der Waals surface area contributed by atoms with Gasteiger partial charge in [0.05, 0.1) is 6.61 Å². The number of hydrogen-bond acceptors (Lipinski definition) is 3. The lowest BCUT2D eigenvalue weighted by Crippen LogP contribution is -2.47. The van der Waals surface area contributed by atoms with Gasteiger partial charge in [-0.25, -0.2) is 0 Å². The molecule has 0 bridgehead atoms. The van der Waals surface area contributed by atoms with Crippen LogP contribution in [0.4, 0.5) is 0 Å². The van der Waals surface area contributed by atoms with Crippen molar-refractivity contribution in [3.05, 3.63) is 0 Å². The maximum atomic E-state index is 5.47. The molecule has 3 atom stereocenters. The van der Waals surface area contributed by atoms with Crippen LogP contribution in [0.25, 0.3) is 0 Å². The zero-order valence-electron chi connectivity index (χ0n) is 12.4. The first-order valence-electron chi connectivity index (χ1n) is 6.86. The van der Waals surface area contributed by atoms with Gasteiger partial charge in [-0.1, -0.05) is 6.92 Å². The van der Waals surface area contributed by atoms with Crippen LogP contribution in [-0.4, -0.2) is 49.3 Å². The molecule has 0 aliphatic carbocycles. The van der Waals surface area contributed by atoms with Crippen molar-refractivity contribution in [3.63, 3.8) is 0 Å². The lowest BCUT2D eigenvalue weighted by atomic mass is 9.99. The zero-order valence-corrected chi connectivity index (χ0v) is 12.4. The topological polar surface area (TPSA) is 24.5 Å². The fraction of sp³-hybridized carbons (Fsp3) is 1.00. The molecule has 3 heteroatoms. The predicted octanol–water partition coefficient (Wildman–Crippen LogP) is 2.12. The van der Waals surface area contributed by atoms with Crippen LogP contribution in [0, 0.1) is 5.92 Å². The minimum absolute atomic E-state index is 0.211. The van der Waals surface area contributed by atoms with Crippen molar-refractivity contribution < 1.29 is 4.74 Å². The average Bonchev–Trinajstić information content (AvgIpc) is 2.76. The second-order valence-electron chi connectivity index (χ2n) is 6.53. The van der Waals surface area contributed by atoms with Crippen LogP contribution in [0.2, 0.25) is 0 Å². The van der Waals surface area contributed by atoms with Crippen LogP contribution in [0.15, 0.2) is 0 Å². The van der Waals surface area contributed by atoms with Gasteiger partial charge in [0.2, 0.25) is 0 Å². The maximum absolute atomic E-state index is 5.47. The monoisotopic (exact) mass is 242 g/mol. The molecule has 1 rings (SSSR count). The molecule has 0 amide bonds. The SMILES string of the molecule is CC(CNC(C)(C)C)C(C)N(C)C1CCOC1. The van der Waals surface area contributed by atoms with Gasteiger partial charge in [0.25, 0.3) is 0 Å². The Morgan fingerprint density at radius 1 is 1.35 bits per heavy atom. The fourth-order valence-corrected chi connectivity index (χ4v) is 2.21. The molecule has 0 aromatic heterocycles. The number of ether oxygens (including phenoxy) is 1. The van der Waals surface area contributed by atoms with Crippen molar-refractivity contribution in [1.82, 2.24) is 10.2 Å². The molecule has 1 heterocycles. The molecule has 3 unspecified atom stereocenters. The van der Waals surface area contributed by atoms with Gasteiger partial charge >= 0.3 is 0 Å². The summed E-state index contributed by atoms with van der Waals surface area (Å²) in [7, 11) is 2.23. The fourth-order valence-electron chi connectivity index (χ4n) is 2.21. The molecule has 0 spiro atoms. The summed E-state index contributed by atoms with van der Waals surface area (Å²) < 4.78 is 5.47. The highest BCUT2D eigenvalue weighted by molar-refractivity contribution is 4.82. The third-order valence-electron chi connectivity index (χ3n) is 3.90. The van der Waals surface area contributed by atoms with Crippen molar-refractivity contribution >= 4 is 0 Å². The first-order valence-corrected chi connectivity index (χ1v) is 6.86. The molecule has 0 saturated carbocycles. The summed E-state index contributed by atoms with van der Waals surface area (Å²) in [4.78, 5) is 2.49. The Hall–Kier alpha value is -0.120. The summed E-state index contributed by atoms with van der Waals surface area (Å²) in [6.07, 6.45) is 1.18. The van der Waals surface area contributed by atoms with Gasteiger partial charge in [-0.05, 0) is 53.6 Å². The molecule has 1 fully saturated rings. The first-order chi connectivity index (χ1) is 7.81. The number of hydrogen-bond donors (Lipinski definition) is 1. The first kappa shape index (κ1) is 14.9. The molecule has 3 nitrogen and oxygen atoms in total. The summed E-state index contributed by atoms with van der Waals surface area (Å²) >= 11 is 0. The largest absolute Gasteiger partial charge is 0.380 e. The Bertz CT molecular complexity index is 219. The summed E-state index contributed by atoms with van der Waals surface area (Å²) in [6, 6.07) is 1.21. The van der Waals surface area contributed by atoms with E-state index < -0.39 is 0 Å². The molecule has 1 saturated heterocycles. The van der Waals surface area contributed by atoms with E-state index in [0.29, 0.717) is 18.0 Å². The summed E-state index contributed by atoms with van der Waals surface area (Å²) in [5.74, 6) is 0.653. The third-order valence-corrected chi connectivity index (χ3v) is 3.90. The van der Waals surface area contributed by atoms with E-state index in [9.17, 15) is 0 Å². The molecule has 0 radical (unpaired) electrons. The molecule has 0 aromatic carbocycles. The van der Waals surface area contributed by atoms with Crippen molar-refractivity contribution in [1.29, 1.82) is 0 Å². The third kappa shape index (κ3) is 4.94. The van der Waals surface area contributed by atoms with Crippen LogP contribution >= 0.6 is 0 Å². The van der Waals surface area contributed by atoms with E-state index in [-0.39, 0.29) is 5.54 Å². The van der Waals surface area contributed by atoms with Gasteiger partial charge in [0.15, 0.2) is 0 Å². The normalized spacial score (nSPS) is 25.2. The average molecular weight is 242 g/mol. The van der Waals surface area contributed by atoms with Gasteiger partial charge in [-0.3, -0.25) is 4.90 Å². The lowest BCUT2D eigenvalue weighted by molar-refractivity contribution is 0.113. The Morgan fingerprint density at radius 2 is 2.00 bits per heavy atom. The van der Waals surface area contributed by atoms with Gasteiger partial charge in [-0.15, -0.1) is 0 Å². The number of nitrogens with zero attached hydrogens (tertiary/aromatic N) is 1. The number of nitrogens with one attached hydrogen (secondary N) is 1. The highest BCUT2D eigenvalue weighted by atomic mass is 16.5. The summed E-state index contributed by atoms with van der Waals surface area (Å²) in [6.45, 7) is 14.2. The highest BCUT2D eigenvalue weighted by Crippen LogP contribution is 2.18. The van der Waals surface area contributed by atoms with E-state index in [4.69, 9.17) is 4.74 Å². The zero-order chi connectivity index (χ0) is 13.1. The number of rotatable bonds is 5. The van der Waals surface area contributed by atoms with Crippen LogP contribution < -0.4 is 5.32 Å². The van der Waals surface area contributed by atoms with E-state index >= 15 is 0 Å². The molecule has 17 heavy (non-hydrogen) atoms. The molecular weight excluding hydrogens is 212 g/mol. The molecule has 102 valence electrons. The maximum Gasteiger partial charge on any atom is 0.0622 e. The Morgan fingerprint density at radius 3 is 2.47 bits per heavy atom. The van der Waals surface area contributed by atoms with Crippen molar-refractivity contribution in [2.75, 3.05) is 26.8 Å². The minimum Gasteiger partial charge on any atom is -0.380 e. The van der Waals surface area contributed by atoms with E-state index in [1.807, 2.05) is 0 Å². The van der Waals surface area contributed by atoms with Crippen LogP contribution in [0.3, 0.4) is 0 Å². The molecular formula is C14H30N2O. The molecule has 0 aromatic rings. The van der Waals surface area contributed by atoms with Gasteiger partial charge in [0.1, 0.15) is 0 Å². The standard InChI is InChI=1S/C14H30N2O/c1-11(9-15-14(3,4)5)12(2)16(6)13-7-8-17-10-13/h11-13,15H,7-10H2,1-6H3. The van der Waals surface area contributed by atoms with E-state index in [0.717, 1.165) is 19.8 Å². The van der Waals surface area contributed by atoms with Crippen molar-refractivity contribution in [3.8, 4) is 0 Å². The highest BCUT2D eigenvalue weighted by Gasteiger charge is 2.27. The second-order valence-corrected chi connectivity index (χ2v) is 6.53.